The lowest BCUT2D eigenvalue weighted by molar-refractivity contribution is 0.260. The zero-order valence-electron chi connectivity index (χ0n) is 12.6. The van der Waals surface area contributed by atoms with Gasteiger partial charge in [0.2, 0.25) is 0 Å². The molecule has 0 bridgehead atoms. The minimum atomic E-state index is 0.114. The highest BCUT2D eigenvalue weighted by Gasteiger charge is 2.16. The summed E-state index contributed by atoms with van der Waals surface area (Å²) in [6, 6.07) is 9.63. The van der Waals surface area contributed by atoms with Crippen molar-refractivity contribution >= 4 is 11.6 Å². The Labute approximate surface area is 131 Å². The number of aromatic nitrogens is 2. The third-order valence-electron chi connectivity index (χ3n) is 3.21. The zero-order chi connectivity index (χ0) is 15.1. The van der Waals surface area contributed by atoms with Gasteiger partial charge in [-0.15, -0.1) is 0 Å². The molecular weight excluding hydrogens is 286 g/mol. The second-order valence-corrected chi connectivity index (χ2v) is 5.29. The number of nitrogens with zero attached hydrogens (tertiary/aromatic N) is 2. The van der Waals surface area contributed by atoms with Gasteiger partial charge in [-0.25, -0.2) is 0 Å². The maximum atomic E-state index is 5.98. The van der Waals surface area contributed by atoms with E-state index in [-0.39, 0.29) is 6.04 Å². The third kappa shape index (κ3) is 4.48. The Morgan fingerprint density at radius 3 is 2.90 bits per heavy atom. The Hall–Kier alpha value is -1.52. The minimum absolute atomic E-state index is 0.114. The third-order valence-corrected chi connectivity index (χ3v) is 3.44. The highest BCUT2D eigenvalue weighted by atomic mass is 35.5. The van der Waals surface area contributed by atoms with Crippen LogP contribution in [-0.4, -0.2) is 22.9 Å². The number of benzene rings is 1. The van der Waals surface area contributed by atoms with E-state index in [0.29, 0.717) is 11.6 Å². The van der Waals surface area contributed by atoms with Crippen LogP contribution in [0.3, 0.4) is 0 Å². The van der Waals surface area contributed by atoms with Crippen LogP contribution in [0.5, 0.6) is 5.75 Å². The van der Waals surface area contributed by atoms with Gasteiger partial charge in [-0.1, -0.05) is 31.5 Å². The van der Waals surface area contributed by atoms with Crippen LogP contribution in [-0.2, 0) is 6.54 Å². The van der Waals surface area contributed by atoms with E-state index in [1.54, 1.807) is 0 Å². The SMILES string of the molecule is CCCn1nccc1C(COc1cccc(Cl)c1)NCC. The lowest BCUT2D eigenvalue weighted by atomic mass is 10.2. The predicted molar refractivity (Wildman–Crippen MR) is 85.9 cm³/mol. The molecular formula is C16H22ClN3O. The van der Waals surface area contributed by atoms with Gasteiger partial charge >= 0.3 is 0 Å². The number of hydrogen-bond donors (Lipinski definition) is 1. The molecule has 4 nitrogen and oxygen atoms in total. The fourth-order valence-electron chi connectivity index (χ4n) is 2.27. The van der Waals surface area contributed by atoms with Crippen molar-refractivity contribution in [1.29, 1.82) is 0 Å². The second-order valence-electron chi connectivity index (χ2n) is 4.86. The van der Waals surface area contributed by atoms with Gasteiger partial charge in [0.1, 0.15) is 12.4 Å². The summed E-state index contributed by atoms with van der Waals surface area (Å²) in [7, 11) is 0. The Morgan fingerprint density at radius 2 is 2.19 bits per heavy atom. The number of nitrogens with one attached hydrogen (secondary N) is 1. The van der Waals surface area contributed by atoms with Crippen LogP contribution in [0, 0.1) is 0 Å². The van der Waals surface area contributed by atoms with Crippen molar-refractivity contribution in [3.8, 4) is 5.75 Å². The van der Waals surface area contributed by atoms with Crippen molar-refractivity contribution in [1.82, 2.24) is 15.1 Å². The van der Waals surface area contributed by atoms with Crippen LogP contribution in [0.2, 0.25) is 5.02 Å². The Morgan fingerprint density at radius 1 is 1.33 bits per heavy atom. The maximum absolute atomic E-state index is 5.98. The minimum Gasteiger partial charge on any atom is -0.491 e. The van der Waals surface area contributed by atoms with Crippen molar-refractivity contribution < 1.29 is 4.74 Å². The fourth-order valence-corrected chi connectivity index (χ4v) is 2.45. The van der Waals surface area contributed by atoms with Gasteiger partial charge in [0.15, 0.2) is 0 Å². The molecule has 5 heteroatoms. The molecule has 2 rings (SSSR count). The number of hydrogen-bond acceptors (Lipinski definition) is 3. The topological polar surface area (TPSA) is 39.1 Å². The number of halogens is 1. The summed E-state index contributed by atoms with van der Waals surface area (Å²) in [5.41, 5.74) is 1.15. The molecule has 1 heterocycles. The van der Waals surface area contributed by atoms with Gasteiger partial charge in [0.25, 0.3) is 0 Å². The first-order valence-corrected chi connectivity index (χ1v) is 7.75. The van der Waals surface area contributed by atoms with Crippen molar-refractivity contribution in [2.45, 2.75) is 32.9 Å². The van der Waals surface area contributed by atoms with Gasteiger partial charge in [-0.2, -0.15) is 5.10 Å². The van der Waals surface area contributed by atoms with Crippen molar-refractivity contribution in [3.05, 3.63) is 47.2 Å². The fraction of sp³-hybridized carbons (Fsp3) is 0.438. The lowest BCUT2D eigenvalue weighted by Gasteiger charge is -2.20. The highest BCUT2D eigenvalue weighted by molar-refractivity contribution is 6.30. The molecule has 0 aliphatic rings. The monoisotopic (exact) mass is 307 g/mol. The molecule has 1 aromatic heterocycles. The van der Waals surface area contributed by atoms with Crippen molar-refractivity contribution in [2.75, 3.05) is 13.2 Å². The molecule has 2 aromatic rings. The molecule has 21 heavy (non-hydrogen) atoms. The van der Waals surface area contributed by atoms with E-state index in [1.807, 2.05) is 41.2 Å². The van der Waals surface area contributed by atoms with Gasteiger partial charge in [-0.05, 0) is 37.2 Å². The van der Waals surface area contributed by atoms with E-state index in [2.05, 4.69) is 24.3 Å². The van der Waals surface area contributed by atoms with Crippen LogP contribution < -0.4 is 10.1 Å². The van der Waals surface area contributed by atoms with E-state index in [9.17, 15) is 0 Å². The molecule has 114 valence electrons. The van der Waals surface area contributed by atoms with Crippen LogP contribution in [0.25, 0.3) is 0 Å². The summed E-state index contributed by atoms with van der Waals surface area (Å²) in [5, 5.41) is 8.51. The normalized spacial score (nSPS) is 12.3. The summed E-state index contributed by atoms with van der Waals surface area (Å²) in [6.07, 6.45) is 2.90. The van der Waals surface area contributed by atoms with Gasteiger partial charge in [0.05, 0.1) is 11.7 Å². The molecule has 0 saturated carbocycles. The molecule has 0 radical (unpaired) electrons. The summed E-state index contributed by atoms with van der Waals surface area (Å²) < 4.78 is 7.91. The first kappa shape index (κ1) is 15.9. The quantitative estimate of drug-likeness (QED) is 0.808. The first-order valence-electron chi connectivity index (χ1n) is 7.38. The first-order chi connectivity index (χ1) is 10.2. The zero-order valence-corrected chi connectivity index (χ0v) is 13.3. The molecule has 0 amide bonds. The molecule has 1 N–H and O–H groups in total. The largest absolute Gasteiger partial charge is 0.491 e. The van der Waals surface area contributed by atoms with E-state index >= 15 is 0 Å². The Kier molecular flexibility index (Phi) is 6.08. The summed E-state index contributed by atoms with van der Waals surface area (Å²) >= 11 is 5.98. The lowest BCUT2D eigenvalue weighted by Crippen LogP contribution is -2.29. The predicted octanol–water partition coefficient (Wildman–Crippen LogP) is 3.68. The van der Waals surface area contributed by atoms with E-state index in [0.717, 1.165) is 31.0 Å². The molecule has 0 aliphatic heterocycles. The molecule has 1 unspecified atom stereocenters. The van der Waals surface area contributed by atoms with E-state index < -0.39 is 0 Å². The molecule has 1 aromatic carbocycles. The van der Waals surface area contributed by atoms with Gasteiger partial charge < -0.3 is 10.1 Å². The average molecular weight is 308 g/mol. The highest BCUT2D eigenvalue weighted by Crippen LogP contribution is 2.20. The Balaban J connectivity index is 2.06. The van der Waals surface area contributed by atoms with Crippen molar-refractivity contribution in [2.24, 2.45) is 0 Å². The standard InChI is InChI=1S/C16H22ClN3O/c1-3-10-20-16(8-9-19-20)15(18-4-2)12-21-14-7-5-6-13(17)11-14/h5-9,11,15,18H,3-4,10,12H2,1-2H3. The smallest absolute Gasteiger partial charge is 0.120 e. The molecule has 0 spiro atoms. The van der Waals surface area contributed by atoms with Crippen LogP contribution in [0.1, 0.15) is 32.0 Å². The van der Waals surface area contributed by atoms with Crippen molar-refractivity contribution in [3.63, 3.8) is 0 Å². The molecule has 1 atom stereocenters. The van der Waals surface area contributed by atoms with Crippen LogP contribution in [0.15, 0.2) is 36.5 Å². The summed E-state index contributed by atoms with van der Waals surface area (Å²) in [6.45, 7) is 6.58. The number of ether oxygens (including phenoxy) is 1. The maximum Gasteiger partial charge on any atom is 0.120 e. The number of likely N-dealkylation sites (N-methyl/N-ethyl adjacent to an activating group) is 1. The van der Waals surface area contributed by atoms with Crippen LogP contribution >= 0.6 is 11.6 Å². The van der Waals surface area contributed by atoms with Gasteiger partial charge in [0, 0.05) is 17.8 Å². The number of rotatable bonds is 8. The Bertz CT molecular complexity index is 556. The van der Waals surface area contributed by atoms with E-state index in [4.69, 9.17) is 16.3 Å². The number of aryl methyl sites for hydroxylation is 1. The van der Waals surface area contributed by atoms with Gasteiger partial charge in [-0.3, -0.25) is 4.68 Å². The summed E-state index contributed by atoms with van der Waals surface area (Å²) in [4.78, 5) is 0. The molecule has 0 saturated heterocycles. The second kappa shape index (κ2) is 8.05. The molecule has 0 fully saturated rings. The van der Waals surface area contributed by atoms with Crippen LogP contribution in [0.4, 0.5) is 0 Å². The van der Waals surface area contributed by atoms with E-state index in [1.165, 1.54) is 0 Å². The summed E-state index contributed by atoms with van der Waals surface area (Å²) in [5.74, 6) is 0.784. The molecule has 0 aliphatic carbocycles. The average Bonchev–Trinajstić information content (AvgIpc) is 2.92.